The molecular weight excluding hydrogens is 282 g/mol. The topological polar surface area (TPSA) is 56.8 Å². The van der Waals surface area contributed by atoms with Crippen LogP contribution in [-0.2, 0) is 4.79 Å². The van der Waals surface area contributed by atoms with Gasteiger partial charge in [0.15, 0.2) is 11.5 Å². The summed E-state index contributed by atoms with van der Waals surface area (Å²) in [4.78, 5) is 11.1. The van der Waals surface area contributed by atoms with Crippen molar-refractivity contribution in [2.45, 2.75) is 6.92 Å². The first-order chi connectivity index (χ1) is 10.6. The number of benzene rings is 2. The van der Waals surface area contributed by atoms with Crippen molar-refractivity contribution < 1.29 is 19.0 Å². The van der Waals surface area contributed by atoms with Gasteiger partial charge in [-0.1, -0.05) is 12.1 Å². The first kappa shape index (κ1) is 15.7. The van der Waals surface area contributed by atoms with Crippen molar-refractivity contribution in [3.8, 4) is 28.4 Å². The summed E-state index contributed by atoms with van der Waals surface area (Å²) < 4.78 is 16.2. The highest BCUT2D eigenvalue weighted by atomic mass is 16.5. The molecule has 0 aliphatic carbocycles. The fourth-order valence-corrected chi connectivity index (χ4v) is 2.26. The molecule has 116 valence electrons. The Hall–Kier alpha value is -2.69. The number of hydrogen-bond donors (Lipinski definition) is 1. The zero-order valence-electron chi connectivity index (χ0n) is 13.1. The van der Waals surface area contributed by atoms with Crippen LogP contribution >= 0.6 is 0 Å². The molecule has 5 heteroatoms. The summed E-state index contributed by atoms with van der Waals surface area (Å²) in [5.74, 6) is 1.66. The number of carbonyl (C=O) groups is 1. The molecule has 0 aliphatic rings. The Morgan fingerprint density at radius 1 is 0.864 bits per heavy atom. The molecule has 0 bridgehead atoms. The monoisotopic (exact) mass is 301 g/mol. The summed E-state index contributed by atoms with van der Waals surface area (Å²) in [6, 6.07) is 11.2. The third kappa shape index (κ3) is 3.14. The van der Waals surface area contributed by atoms with Gasteiger partial charge in [0.25, 0.3) is 0 Å². The van der Waals surface area contributed by atoms with Gasteiger partial charge in [-0.05, 0) is 29.8 Å². The largest absolute Gasteiger partial charge is 0.493 e. The average molecular weight is 301 g/mol. The van der Waals surface area contributed by atoms with Crippen molar-refractivity contribution in [3.05, 3.63) is 36.4 Å². The lowest BCUT2D eigenvalue weighted by Crippen LogP contribution is -2.05. The number of anilines is 1. The summed E-state index contributed by atoms with van der Waals surface area (Å²) in [5.41, 5.74) is 2.58. The van der Waals surface area contributed by atoms with Gasteiger partial charge in [-0.15, -0.1) is 0 Å². The molecule has 22 heavy (non-hydrogen) atoms. The maximum Gasteiger partial charge on any atom is 0.221 e. The second kappa shape index (κ2) is 6.85. The molecule has 0 saturated carbocycles. The fraction of sp³-hybridized carbons (Fsp3) is 0.235. The zero-order valence-corrected chi connectivity index (χ0v) is 13.1. The highest BCUT2D eigenvalue weighted by molar-refractivity contribution is 5.89. The number of hydrogen-bond acceptors (Lipinski definition) is 4. The minimum Gasteiger partial charge on any atom is -0.493 e. The molecular formula is C17H19NO4. The second-order valence-electron chi connectivity index (χ2n) is 4.64. The smallest absolute Gasteiger partial charge is 0.221 e. The van der Waals surface area contributed by atoms with Crippen LogP contribution in [0.4, 0.5) is 5.69 Å². The van der Waals surface area contributed by atoms with Crippen molar-refractivity contribution in [1.29, 1.82) is 0 Å². The lowest BCUT2D eigenvalue weighted by molar-refractivity contribution is -0.114. The molecule has 1 N–H and O–H groups in total. The lowest BCUT2D eigenvalue weighted by atomic mass is 10.0. The minimum absolute atomic E-state index is 0.101. The van der Waals surface area contributed by atoms with E-state index in [4.69, 9.17) is 14.2 Å². The highest BCUT2D eigenvalue weighted by Crippen LogP contribution is 2.44. The van der Waals surface area contributed by atoms with Gasteiger partial charge < -0.3 is 19.5 Å². The Balaban J connectivity index is 2.45. The molecule has 0 aliphatic heterocycles. The Bertz CT molecular complexity index is 665. The summed E-state index contributed by atoms with van der Waals surface area (Å²) in [6.07, 6.45) is 0. The quantitative estimate of drug-likeness (QED) is 0.920. The van der Waals surface area contributed by atoms with E-state index in [9.17, 15) is 4.79 Å². The van der Waals surface area contributed by atoms with Crippen molar-refractivity contribution in [2.24, 2.45) is 0 Å². The van der Waals surface area contributed by atoms with Crippen LogP contribution < -0.4 is 19.5 Å². The van der Waals surface area contributed by atoms with Crippen molar-refractivity contribution in [1.82, 2.24) is 0 Å². The third-order valence-corrected chi connectivity index (χ3v) is 3.22. The molecule has 2 aromatic carbocycles. The van der Waals surface area contributed by atoms with E-state index < -0.39 is 0 Å². The SMILES string of the molecule is COc1ccc(-c2ccc(NC(C)=O)cc2)c(OC)c1OC. The van der Waals surface area contributed by atoms with Crippen LogP contribution in [0.5, 0.6) is 17.2 Å². The normalized spacial score (nSPS) is 10.0. The van der Waals surface area contributed by atoms with Gasteiger partial charge in [0.2, 0.25) is 11.7 Å². The third-order valence-electron chi connectivity index (χ3n) is 3.22. The van der Waals surface area contributed by atoms with E-state index in [0.717, 1.165) is 16.8 Å². The van der Waals surface area contributed by atoms with Gasteiger partial charge in [0.05, 0.1) is 21.3 Å². The summed E-state index contributed by atoms with van der Waals surface area (Å²) in [5, 5.41) is 2.74. The number of carbonyl (C=O) groups excluding carboxylic acids is 1. The van der Waals surface area contributed by atoms with Crippen LogP contribution in [0.2, 0.25) is 0 Å². The molecule has 0 unspecified atom stereocenters. The molecule has 2 aromatic rings. The highest BCUT2D eigenvalue weighted by Gasteiger charge is 2.16. The molecule has 0 saturated heterocycles. The Morgan fingerprint density at radius 3 is 2.00 bits per heavy atom. The Morgan fingerprint density at radius 2 is 1.50 bits per heavy atom. The number of nitrogens with one attached hydrogen (secondary N) is 1. The Labute approximate surface area is 129 Å². The second-order valence-corrected chi connectivity index (χ2v) is 4.64. The number of ether oxygens (including phenoxy) is 3. The van der Waals surface area contributed by atoms with Gasteiger partial charge in [-0.2, -0.15) is 0 Å². The fourth-order valence-electron chi connectivity index (χ4n) is 2.26. The number of rotatable bonds is 5. The van der Waals surface area contributed by atoms with E-state index in [-0.39, 0.29) is 5.91 Å². The first-order valence-electron chi connectivity index (χ1n) is 6.77. The molecule has 0 aromatic heterocycles. The zero-order chi connectivity index (χ0) is 16.1. The molecule has 0 fully saturated rings. The molecule has 1 amide bonds. The van der Waals surface area contributed by atoms with Gasteiger partial charge in [-0.25, -0.2) is 0 Å². The van der Waals surface area contributed by atoms with Crippen LogP contribution in [0.25, 0.3) is 11.1 Å². The maximum atomic E-state index is 11.1. The van der Waals surface area contributed by atoms with Crippen LogP contribution in [-0.4, -0.2) is 27.2 Å². The molecule has 2 rings (SSSR count). The van der Waals surface area contributed by atoms with Crippen LogP contribution in [0.15, 0.2) is 36.4 Å². The lowest BCUT2D eigenvalue weighted by Gasteiger charge is -2.16. The predicted octanol–water partition coefficient (Wildman–Crippen LogP) is 3.34. The van der Waals surface area contributed by atoms with Crippen LogP contribution in [0, 0.1) is 0 Å². The van der Waals surface area contributed by atoms with E-state index >= 15 is 0 Å². The van der Waals surface area contributed by atoms with E-state index in [1.807, 2.05) is 36.4 Å². The molecule has 0 heterocycles. The van der Waals surface area contributed by atoms with Gasteiger partial charge >= 0.3 is 0 Å². The van der Waals surface area contributed by atoms with Gasteiger partial charge in [0, 0.05) is 18.2 Å². The van der Waals surface area contributed by atoms with Crippen molar-refractivity contribution in [3.63, 3.8) is 0 Å². The standard InChI is InChI=1S/C17H19NO4/c1-11(19)18-13-7-5-12(6-8-13)14-9-10-15(20-2)17(22-4)16(14)21-3/h5-10H,1-4H3,(H,18,19). The average Bonchev–Trinajstić information content (AvgIpc) is 2.53. The Kier molecular flexibility index (Phi) is 4.88. The molecule has 0 spiro atoms. The summed E-state index contributed by atoms with van der Waals surface area (Å²) in [7, 11) is 4.75. The molecule has 5 nitrogen and oxygen atoms in total. The van der Waals surface area contributed by atoms with Crippen molar-refractivity contribution >= 4 is 11.6 Å². The van der Waals surface area contributed by atoms with Crippen molar-refractivity contribution in [2.75, 3.05) is 26.6 Å². The van der Waals surface area contributed by atoms with E-state index in [2.05, 4.69) is 5.32 Å². The number of amides is 1. The van der Waals surface area contributed by atoms with Gasteiger partial charge in [0.1, 0.15) is 0 Å². The maximum absolute atomic E-state index is 11.1. The molecule has 0 atom stereocenters. The predicted molar refractivity (Wildman–Crippen MR) is 85.8 cm³/mol. The van der Waals surface area contributed by atoms with E-state index in [0.29, 0.717) is 17.2 Å². The summed E-state index contributed by atoms with van der Waals surface area (Å²) in [6.45, 7) is 1.48. The summed E-state index contributed by atoms with van der Waals surface area (Å²) >= 11 is 0. The van der Waals surface area contributed by atoms with Crippen LogP contribution in [0.1, 0.15) is 6.92 Å². The molecule has 0 radical (unpaired) electrons. The van der Waals surface area contributed by atoms with Crippen LogP contribution in [0.3, 0.4) is 0 Å². The van der Waals surface area contributed by atoms with E-state index in [1.54, 1.807) is 21.3 Å². The number of methoxy groups -OCH3 is 3. The van der Waals surface area contributed by atoms with E-state index in [1.165, 1.54) is 6.92 Å². The minimum atomic E-state index is -0.101. The van der Waals surface area contributed by atoms with Gasteiger partial charge in [-0.3, -0.25) is 4.79 Å². The first-order valence-corrected chi connectivity index (χ1v) is 6.77.